The van der Waals surface area contributed by atoms with Gasteiger partial charge in [0.2, 0.25) is 23.6 Å². The molecule has 1 unspecified atom stereocenters. The van der Waals surface area contributed by atoms with Gasteiger partial charge < -0.3 is 35.5 Å². The summed E-state index contributed by atoms with van der Waals surface area (Å²) >= 11 is 0. The highest BCUT2D eigenvalue weighted by atomic mass is 19.1. The number of benzene rings is 5. The van der Waals surface area contributed by atoms with Crippen molar-refractivity contribution >= 4 is 40.7 Å². The molecule has 9 rings (SSSR count). The Morgan fingerprint density at radius 3 is 1.30 bits per heavy atom. The summed E-state index contributed by atoms with van der Waals surface area (Å²) in [6, 6.07) is 37.9. The number of hydrogen-bond donors (Lipinski definition) is 4. The molecule has 4 heterocycles. The molecule has 4 fully saturated rings. The molecule has 70 heavy (non-hydrogen) atoms. The zero-order valence-corrected chi connectivity index (χ0v) is 39.6. The Bertz CT molecular complexity index is 2390. The smallest absolute Gasteiger partial charge is 0.247 e. The second-order valence-corrected chi connectivity index (χ2v) is 19.3. The summed E-state index contributed by atoms with van der Waals surface area (Å²) in [4.78, 5) is 66.1. The molecule has 4 amide bonds. The third-order valence-corrected chi connectivity index (χ3v) is 14.3. The Labute approximate surface area is 409 Å². The summed E-state index contributed by atoms with van der Waals surface area (Å²) in [7, 11) is 0. The van der Waals surface area contributed by atoms with E-state index in [9.17, 15) is 33.8 Å². The van der Waals surface area contributed by atoms with Gasteiger partial charge in [0, 0.05) is 56.1 Å². The molecule has 0 spiro atoms. The molecular formula is C56H64FN7O6. The molecule has 5 aromatic carbocycles. The molecule has 0 aliphatic carbocycles. The summed E-state index contributed by atoms with van der Waals surface area (Å²) in [5, 5.41) is 27.6. The van der Waals surface area contributed by atoms with E-state index in [1.54, 1.807) is 21.9 Å². The Kier molecular flexibility index (Phi) is 15.6. The van der Waals surface area contributed by atoms with E-state index in [0.717, 1.165) is 92.6 Å². The summed E-state index contributed by atoms with van der Waals surface area (Å²) in [5.41, 5.74) is 5.53. The number of aliphatic hydroxyl groups excluding tert-OH is 2. The zero-order chi connectivity index (χ0) is 48.6. The second kappa shape index (κ2) is 22.5. The van der Waals surface area contributed by atoms with Crippen molar-refractivity contribution in [3.8, 4) is 0 Å². The molecule has 0 aromatic heterocycles. The average molecular weight is 950 g/mol. The molecule has 4 aliphatic rings. The van der Waals surface area contributed by atoms with Crippen LogP contribution < -0.4 is 15.5 Å². The topological polar surface area (TPSA) is 149 Å². The van der Waals surface area contributed by atoms with Gasteiger partial charge in [-0.25, -0.2) is 4.39 Å². The maximum absolute atomic E-state index is 14.4. The molecular weight excluding hydrogens is 886 g/mol. The monoisotopic (exact) mass is 949 g/mol. The third kappa shape index (κ3) is 11.6. The Morgan fingerprint density at radius 1 is 0.529 bits per heavy atom. The first-order valence-corrected chi connectivity index (χ1v) is 24.9. The number of β-amino-alcohol motifs (C(OH)–C–C–N with tert-alkyl or cyclic N) is 2. The molecule has 366 valence electrons. The minimum atomic E-state index is -0.830. The van der Waals surface area contributed by atoms with Crippen molar-refractivity contribution in [3.05, 3.63) is 162 Å². The lowest BCUT2D eigenvalue weighted by atomic mass is 10.00. The van der Waals surface area contributed by atoms with Crippen LogP contribution in [0, 0.1) is 5.82 Å². The van der Waals surface area contributed by atoms with E-state index in [-0.39, 0.29) is 55.4 Å². The normalized spacial score (nSPS) is 21.8. The number of rotatable bonds is 15. The first kappa shape index (κ1) is 48.6. The highest BCUT2D eigenvalue weighted by Crippen LogP contribution is 2.33. The predicted molar refractivity (Wildman–Crippen MR) is 268 cm³/mol. The third-order valence-electron chi connectivity index (χ3n) is 14.3. The summed E-state index contributed by atoms with van der Waals surface area (Å²) < 4.78 is 14.1. The van der Waals surface area contributed by atoms with E-state index in [2.05, 4.69) is 25.3 Å². The lowest BCUT2D eigenvalue weighted by molar-refractivity contribution is -0.142. The van der Waals surface area contributed by atoms with Gasteiger partial charge >= 0.3 is 0 Å². The fourth-order valence-electron chi connectivity index (χ4n) is 10.7. The molecule has 4 aliphatic heterocycles. The van der Waals surface area contributed by atoms with Gasteiger partial charge in [-0.15, -0.1) is 0 Å². The number of aliphatic hydroxyl groups is 2. The van der Waals surface area contributed by atoms with Gasteiger partial charge in [0.05, 0.1) is 12.2 Å². The van der Waals surface area contributed by atoms with Gasteiger partial charge in [-0.3, -0.25) is 29.0 Å². The lowest BCUT2D eigenvalue weighted by Gasteiger charge is -2.37. The number of nitrogens with zero attached hydrogens (tertiary/aromatic N) is 5. The van der Waals surface area contributed by atoms with Crippen molar-refractivity contribution in [2.45, 2.75) is 101 Å². The average Bonchev–Trinajstić information content (AvgIpc) is 3.99. The molecule has 0 radical (unpaired) electrons. The lowest BCUT2D eigenvalue weighted by Crippen LogP contribution is -2.49. The standard InChI is InChI=1S/C56H64FN7O6/c57-43-21-27-46(28-22-43)62(35-39-17-23-44(24-18-39)58-53(67)49-33-47(65)37-63(49)55(69)51(41-13-5-1-6-14-41)60-29-9-3-10-30-60)36-40-19-25-45(26-20-40)59-54(68)50-34-48(66)38-64(50)56(70)52(42-15-7-2-8-16-42)61-31-11-4-12-32-61/h1-2,5-8,13-28,47-52,65-66H,3-4,9-12,29-38H2,(H,58,67)(H,59,68)/t47-,48-,49-,50?,51+,52+/m0/s1. The van der Waals surface area contributed by atoms with Crippen LogP contribution in [0.4, 0.5) is 21.5 Å². The number of amides is 4. The van der Waals surface area contributed by atoms with Crippen LogP contribution in [0.3, 0.4) is 0 Å². The van der Waals surface area contributed by atoms with Gasteiger partial charge in [0.1, 0.15) is 30.0 Å². The first-order valence-electron chi connectivity index (χ1n) is 24.9. The molecule has 4 saturated heterocycles. The predicted octanol–water partition coefficient (Wildman–Crippen LogP) is 7.29. The Hall–Kier alpha value is -6.45. The van der Waals surface area contributed by atoms with Gasteiger partial charge in [0.15, 0.2) is 0 Å². The maximum Gasteiger partial charge on any atom is 0.247 e. The van der Waals surface area contributed by atoms with Crippen LogP contribution in [0.15, 0.2) is 133 Å². The van der Waals surface area contributed by atoms with Crippen molar-refractivity contribution in [3.63, 3.8) is 0 Å². The van der Waals surface area contributed by atoms with Crippen molar-refractivity contribution in [2.24, 2.45) is 0 Å². The van der Waals surface area contributed by atoms with Gasteiger partial charge in [0.25, 0.3) is 0 Å². The summed E-state index contributed by atoms with van der Waals surface area (Å²) in [6.45, 7) is 4.25. The molecule has 0 bridgehead atoms. The molecule has 14 heteroatoms. The molecule has 0 saturated carbocycles. The molecule has 13 nitrogen and oxygen atoms in total. The van der Waals surface area contributed by atoms with Crippen molar-refractivity contribution in [1.82, 2.24) is 19.6 Å². The van der Waals surface area contributed by atoms with Crippen LogP contribution in [0.1, 0.15) is 85.7 Å². The fraction of sp³-hybridized carbons (Fsp3) is 0.393. The van der Waals surface area contributed by atoms with Crippen molar-refractivity contribution < 1.29 is 33.8 Å². The maximum atomic E-state index is 14.4. The van der Waals surface area contributed by atoms with Crippen LogP contribution >= 0.6 is 0 Å². The zero-order valence-electron chi connectivity index (χ0n) is 39.6. The molecule has 4 N–H and O–H groups in total. The second-order valence-electron chi connectivity index (χ2n) is 19.3. The van der Waals surface area contributed by atoms with Gasteiger partial charge in [-0.2, -0.15) is 0 Å². The number of anilines is 3. The molecule has 6 atom stereocenters. The van der Waals surface area contributed by atoms with E-state index < -0.39 is 36.4 Å². The van der Waals surface area contributed by atoms with E-state index in [4.69, 9.17) is 0 Å². The summed E-state index contributed by atoms with van der Waals surface area (Å²) in [5.74, 6) is -1.41. The van der Waals surface area contributed by atoms with Crippen molar-refractivity contribution in [2.75, 3.05) is 54.8 Å². The summed E-state index contributed by atoms with van der Waals surface area (Å²) in [6.07, 6.45) is 4.92. The van der Waals surface area contributed by atoms with Crippen LogP contribution in [0.2, 0.25) is 0 Å². The number of nitrogens with one attached hydrogen (secondary N) is 2. The molecule has 5 aromatic rings. The quantitative estimate of drug-likeness (QED) is 0.0850. The van der Waals surface area contributed by atoms with Crippen LogP contribution in [-0.4, -0.2) is 117 Å². The number of carbonyl (C=O) groups excluding carboxylic acids is 4. The van der Waals surface area contributed by atoms with E-state index in [1.807, 2.05) is 109 Å². The fourth-order valence-corrected chi connectivity index (χ4v) is 10.7. The first-order chi connectivity index (χ1) is 34.1. The largest absolute Gasteiger partial charge is 0.391 e. The van der Waals surface area contributed by atoms with Crippen LogP contribution in [-0.2, 0) is 32.3 Å². The number of hydrogen-bond acceptors (Lipinski definition) is 9. The minimum Gasteiger partial charge on any atom is -0.391 e. The van der Waals surface area contributed by atoms with Crippen LogP contribution in [0.25, 0.3) is 0 Å². The SMILES string of the molecule is O=C(Nc1ccc(CN(Cc2ccc(NC(=O)[C@@H]3C[C@H](O)CN3C(=O)[C@@H](c3ccccc3)N3CCCCC3)cc2)c2ccc(F)cc2)cc1)C1C[C@H](O)CN1C(=O)[C@@H](c1ccccc1)N1CCCCC1. The Morgan fingerprint density at radius 2 is 0.914 bits per heavy atom. The van der Waals surface area contributed by atoms with Crippen molar-refractivity contribution in [1.29, 1.82) is 0 Å². The van der Waals surface area contributed by atoms with Gasteiger partial charge in [-0.05, 0) is 123 Å². The number of piperidine rings is 2. The number of carbonyl (C=O) groups is 4. The van der Waals surface area contributed by atoms with E-state index in [0.29, 0.717) is 24.5 Å². The minimum absolute atomic E-state index is 0.0883. The Balaban J connectivity index is 0.845. The van der Waals surface area contributed by atoms with E-state index in [1.165, 1.54) is 12.1 Å². The van der Waals surface area contributed by atoms with Gasteiger partial charge in [-0.1, -0.05) is 97.8 Å². The van der Waals surface area contributed by atoms with E-state index >= 15 is 0 Å². The highest BCUT2D eigenvalue weighted by molar-refractivity contribution is 5.99. The highest BCUT2D eigenvalue weighted by Gasteiger charge is 2.45. The number of likely N-dealkylation sites (tertiary alicyclic amines) is 4. The number of halogens is 1. The van der Waals surface area contributed by atoms with Crippen LogP contribution in [0.5, 0.6) is 0 Å².